The number of ether oxygens (including phenoxy) is 2. The van der Waals surface area contributed by atoms with Crippen LogP contribution in [0.2, 0.25) is 0 Å². The van der Waals surface area contributed by atoms with Crippen molar-refractivity contribution in [1.29, 1.82) is 5.26 Å². The number of nitrogens with one attached hydrogen (secondary N) is 2. The minimum absolute atomic E-state index is 0.0511. The van der Waals surface area contributed by atoms with Gasteiger partial charge in [0, 0.05) is 44.0 Å². The first kappa shape index (κ1) is 23.5. The molecule has 2 aliphatic heterocycles. The number of sulfonamides is 1. The fraction of sp³-hybridized carbons (Fsp3) is 0.381. The van der Waals surface area contributed by atoms with Crippen molar-refractivity contribution in [1.82, 2.24) is 14.2 Å². The summed E-state index contributed by atoms with van der Waals surface area (Å²) in [7, 11) is -2.60. The van der Waals surface area contributed by atoms with Gasteiger partial charge in [-0.1, -0.05) is 0 Å². The summed E-state index contributed by atoms with van der Waals surface area (Å²) in [6.07, 6.45) is 0.721. The third kappa shape index (κ3) is 4.29. The van der Waals surface area contributed by atoms with Crippen LogP contribution in [0.25, 0.3) is 0 Å². The van der Waals surface area contributed by atoms with E-state index < -0.39 is 33.9 Å². The maximum absolute atomic E-state index is 13.6. The van der Waals surface area contributed by atoms with Crippen molar-refractivity contribution in [2.75, 3.05) is 31.6 Å². The number of amides is 2. The Labute approximate surface area is 195 Å². The third-order valence-corrected chi connectivity index (χ3v) is 7.15. The number of nitrogens with zero attached hydrogens (tertiary/aromatic N) is 3. The average molecular weight is 492 g/mol. The molecule has 3 heterocycles. The van der Waals surface area contributed by atoms with Gasteiger partial charge in [-0.25, -0.2) is 22.3 Å². The largest absolute Gasteiger partial charge is 0.489 e. The van der Waals surface area contributed by atoms with Gasteiger partial charge in [-0.05, 0) is 25.1 Å². The number of aryl methyl sites for hydroxylation is 1. The fourth-order valence-electron chi connectivity index (χ4n) is 4.04. The molecule has 2 amide bonds. The average Bonchev–Trinajstić information content (AvgIpc) is 3.33. The quantitative estimate of drug-likeness (QED) is 0.661. The zero-order chi connectivity index (χ0) is 24.6. The molecular formula is C21H22FN5O6S. The molecule has 34 heavy (non-hydrogen) atoms. The van der Waals surface area contributed by atoms with Gasteiger partial charge in [-0.2, -0.15) is 5.26 Å². The van der Waals surface area contributed by atoms with E-state index in [1.165, 1.54) is 34.8 Å². The van der Waals surface area contributed by atoms with Gasteiger partial charge in [0.05, 0.1) is 18.8 Å². The van der Waals surface area contributed by atoms with Crippen LogP contribution >= 0.6 is 0 Å². The zero-order valence-electron chi connectivity index (χ0n) is 18.4. The highest BCUT2D eigenvalue weighted by molar-refractivity contribution is 7.89. The molecule has 11 nitrogen and oxygen atoms in total. The molecule has 0 saturated carbocycles. The molecule has 2 atom stereocenters. The Balaban J connectivity index is 1.62. The van der Waals surface area contributed by atoms with E-state index in [-0.39, 0.29) is 59.8 Å². The highest BCUT2D eigenvalue weighted by Gasteiger charge is 2.42. The van der Waals surface area contributed by atoms with Crippen LogP contribution in [-0.2, 0) is 21.8 Å². The van der Waals surface area contributed by atoms with Crippen molar-refractivity contribution in [3.63, 3.8) is 0 Å². The number of carbonyl (C=O) groups is 2. The van der Waals surface area contributed by atoms with E-state index in [9.17, 15) is 22.4 Å². The number of hydrogen-bond acceptors (Lipinski definition) is 7. The van der Waals surface area contributed by atoms with Gasteiger partial charge in [0.15, 0.2) is 11.4 Å². The van der Waals surface area contributed by atoms with Crippen molar-refractivity contribution >= 4 is 27.7 Å². The predicted molar refractivity (Wildman–Crippen MR) is 116 cm³/mol. The number of anilines is 1. The molecule has 1 aromatic carbocycles. The lowest BCUT2D eigenvalue weighted by Crippen LogP contribution is -2.43. The first-order valence-corrected chi connectivity index (χ1v) is 11.9. The number of carbonyl (C=O) groups excluding carboxylic acids is 2. The van der Waals surface area contributed by atoms with Crippen molar-refractivity contribution in [2.24, 2.45) is 13.0 Å². The summed E-state index contributed by atoms with van der Waals surface area (Å²) < 4.78 is 54.6. The summed E-state index contributed by atoms with van der Waals surface area (Å²) in [4.78, 5) is 26.3. The first-order valence-electron chi connectivity index (χ1n) is 10.4. The SMILES string of the molecule is CCOC(=O)N1CC2COc3c(cn(C)c3C(=O)Nc3ccc(F)c(C#N)c3)S(=O)(=O)NC2C1. The zero-order valence-corrected chi connectivity index (χ0v) is 19.2. The van der Waals surface area contributed by atoms with E-state index >= 15 is 0 Å². The summed E-state index contributed by atoms with van der Waals surface area (Å²) in [5.74, 6) is -1.93. The summed E-state index contributed by atoms with van der Waals surface area (Å²) in [6, 6.07) is 4.61. The second-order valence-corrected chi connectivity index (χ2v) is 9.63. The number of aromatic nitrogens is 1. The van der Waals surface area contributed by atoms with E-state index in [2.05, 4.69) is 10.0 Å². The van der Waals surface area contributed by atoms with Crippen LogP contribution < -0.4 is 14.8 Å². The van der Waals surface area contributed by atoms with Gasteiger partial charge in [0.2, 0.25) is 10.0 Å². The molecule has 0 spiro atoms. The van der Waals surface area contributed by atoms with Crippen molar-refractivity contribution in [3.05, 3.63) is 41.5 Å². The normalized spacial score (nSPS) is 20.7. The Morgan fingerprint density at radius 3 is 2.85 bits per heavy atom. The molecule has 2 unspecified atom stereocenters. The smallest absolute Gasteiger partial charge is 0.409 e. The molecule has 2 N–H and O–H groups in total. The minimum atomic E-state index is -4.09. The molecule has 13 heteroatoms. The lowest BCUT2D eigenvalue weighted by molar-refractivity contribution is 0.101. The maximum Gasteiger partial charge on any atom is 0.409 e. The molecule has 0 aliphatic carbocycles. The molecular weight excluding hydrogens is 469 g/mol. The van der Waals surface area contributed by atoms with Crippen molar-refractivity contribution < 1.29 is 31.9 Å². The van der Waals surface area contributed by atoms with Gasteiger partial charge >= 0.3 is 6.09 Å². The fourth-order valence-corrected chi connectivity index (χ4v) is 5.53. The van der Waals surface area contributed by atoms with Crippen molar-refractivity contribution in [3.8, 4) is 11.8 Å². The van der Waals surface area contributed by atoms with E-state index in [0.717, 1.165) is 6.07 Å². The molecule has 1 aromatic heterocycles. The molecule has 2 aromatic rings. The lowest BCUT2D eigenvalue weighted by Gasteiger charge is -2.23. The van der Waals surface area contributed by atoms with Gasteiger partial charge in [-0.3, -0.25) is 4.79 Å². The van der Waals surface area contributed by atoms with Crippen molar-refractivity contribution in [2.45, 2.75) is 17.9 Å². The summed E-state index contributed by atoms with van der Waals surface area (Å²) >= 11 is 0. The molecule has 4 rings (SSSR count). The Kier molecular flexibility index (Phi) is 6.20. The van der Waals surface area contributed by atoms with E-state index in [0.29, 0.717) is 0 Å². The number of fused-ring (bicyclic) bond motifs is 2. The van der Waals surface area contributed by atoms with Crippen LogP contribution in [0.5, 0.6) is 5.75 Å². The predicted octanol–water partition coefficient (Wildman–Crippen LogP) is 1.42. The molecule has 1 saturated heterocycles. The van der Waals surface area contributed by atoms with Gasteiger partial charge in [-0.15, -0.1) is 0 Å². The van der Waals surface area contributed by atoms with E-state index in [1.807, 2.05) is 0 Å². The minimum Gasteiger partial charge on any atom is -0.489 e. The van der Waals surface area contributed by atoms with Crippen LogP contribution in [0, 0.1) is 23.1 Å². The Hall–Kier alpha value is -3.63. The highest BCUT2D eigenvalue weighted by Crippen LogP contribution is 2.34. The lowest BCUT2D eigenvalue weighted by atomic mass is 10.1. The second-order valence-electron chi connectivity index (χ2n) is 7.95. The van der Waals surface area contributed by atoms with Crippen LogP contribution in [0.3, 0.4) is 0 Å². The number of benzene rings is 1. The number of likely N-dealkylation sites (tertiary alicyclic amines) is 1. The van der Waals surface area contributed by atoms with Gasteiger partial charge in [0.25, 0.3) is 5.91 Å². The van der Waals surface area contributed by atoms with Gasteiger partial charge in [0.1, 0.15) is 16.8 Å². The van der Waals surface area contributed by atoms with Crippen LogP contribution in [0.15, 0.2) is 29.3 Å². The topological polar surface area (TPSA) is 143 Å². The molecule has 1 fully saturated rings. The van der Waals surface area contributed by atoms with Crippen LogP contribution in [-0.4, -0.2) is 62.2 Å². The number of halogens is 1. The summed E-state index contributed by atoms with van der Waals surface area (Å²) in [5, 5.41) is 11.5. The number of nitriles is 1. The third-order valence-electron chi connectivity index (χ3n) is 5.67. The molecule has 0 radical (unpaired) electrons. The summed E-state index contributed by atoms with van der Waals surface area (Å²) in [5.41, 5.74) is -0.158. The van der Waals surface area contributed by atoms with E-state index in [1.54, 1.807) is 13.0 Å². The van der Waals surface area contributed by atoms with E-state index in [4.69, 9.17) is 14.7 Å². The maximum atomic E-state index is 13.6. The molecule has 180 valence electrons. The number of hydrogen-bond donors (Lipinski definition) is 2. The Bertz CT molecular complexity index is 1300. The second kappa shape index (κ2) is 8.96. The van der Waals surface area contributed by atoms with Crippen LogP contribution in [0.1, 0.15) is 23.0 Å². The monoisotopic (exact) mass is 491 g/mol. The Morgan fingerprint density at radius 2 is 2.15 bits per heavy atom. The van der Waals surface area contributed by atoms with Gasteiger partial charge < -0.3 is 24.3 Å². The highest BCUT2D eigenvalue weighted by atomic mass is 32.2. The first-order chi connectivity index (χ1) is 16.1. The standard InChI is InChI=1S/C21H22FN5O6S/c1-3-32-21(29)27-8-13-11-33-19-17(34(30,31)25-16(13)9-27)10-26(2)18(19)20(28)24-14-4-5-15(22)12(6-14)7-23/h4-6,10,13,16,25H,3,8-9,11H2,1-2H3,(H,24,28). The molecule has 0 bridgehead atoms. The van der Waals surface area contributed by atoms with Crippen LogP contribution in [0.4, 0.5) is 14.9 Å². The number of rotatable bonds is 3. The summed E-state index contributed by atoms with van der Waals surface area (Å²) in [6.45, 7) is 2.28. The Morgan fingerprint density at radius 1 is 1.38 bits per heavy atom. The molecule has 2 aliphatic rings.